The van der Waals surface area contributed by atoms with Gasteiger partial charge in [0, 0.05) is 25.1 Å². The van der Waals surface area contributed by atoms with Crippen LogP contribution in [-0.4, -0.2) is 32.3 Å². The molecule has 120 valence electrons. The summed E-state index contributed by atoms with van der Waals surface area (Å²) in [5.41, 5.74) is 1.83. The van der Waals surface area contributed by atoms with Crippen molar-refractivity contribution in [2.45, 2.75) is 33.6 Å². The van der Waals surface area contributed by atoms with Crippen molar-refractivity contribution in [2.24, 2.45) is 0 Å². The van der Waals surface area contributed by atoms with Gasteiger partial charge in [0.2, 0.25) is 0 Å². The van der Waals surface area contributed by atoms with Crippen LogP contribution in [0.15, 0.2) is 18.2 Å². The first kappa shape index (κ1) is 17.9. The standard InChI is InChI=1S/C18H25NO3/c1-5-15-11-12-17(16(14-15)19(6-2)7-3)22-13-9-10-18(20)21-8-4/h1,11-12,14H,6-10,13H2,2-4H3. The third-order valence-corrected chi connectivity index (χ3v) is 3.32. The number of benzene rings is 1. The van der Waals surface area contributed by atoms with Crippen molar-refractivity contribution in [3.05, 3.63) is 23.8 Å². The summed E-state index contributed by atoms with van der Waals surface area (Å²) >= 11 is 0. The number of nitrogens with zero attached hydrogens (tertiary/aromatic N) is 1. The molecule has 0 amide bonds. The Balaban J connectivity index is 2.69. The molecule has 1 rings (SSSR count). The van der Waals surface area contributed by atoms with Crippen molar-refractivity contribution in [3.8, 4) is 18.1 Å². The first-order valence-corrected chi connectivity index (χ1v) is 7.80. The normalized spacial score (nSPS) is 9.91. The molecular weight excluding hydrogens is 278 g/mol. The van der Waals surface area contributed by atoms with Gasteiger partial charge in [-0.1, -0.05) is 5.92 Å². The minimum atomic E-state index is -0.183. The van der Waals surface area contributed by atoms with Crippen LogP contribution in [0.2, 0.25) is 0 Å². The maximum Gasteiger partial charge on any atom is 0.305 e. The van der Waals surface area contributed by atoms with Gasteiger partial charge >= 0.3 is 5.97 Å². The molecule has 1 aromatic carbocycles. The molecule has 1 aromatic rings. The number of rotatable bonds is 9. The van der Waals surface area contributed by atoms with Gasteiger partial charge in [0.25, 0.3) is 0 Å². The quantitative estimate of drug-likeness (QED) is 0.399. The summed E-state index contributed by atoms with van der Waals surface area (Å²) in [6.45, 7) is 8.64. The van der Waals surface area contributed by atoms with E-state index in [9.17, 15) is 4.79 Å². The third kappa shape index (κ3) is 5.33. The smallest absolute Gasteiger partial charge is 0.305 e. The van der Waals surface area contributed by atoms with Gasteiger partial charge in [-0.2, -0.15) is 0 Å². The van der Waals surface area contributed by atoms with Gasteiger partial charge < -0.3 is 14.4 Å². The van der Waals surface area contributed by atoms with E-state index in [-0.39, 0.29) is 5.97 Å². The fourth-order valence-corrected chi connectivity index (χ4v) is 2.17. The Morgan fingerprint density at radius 3 is 2.59 bits per heavy atom. The van der Waals surface area contributed by atoms with Crippen LogP contribution in [0.4, 0.5) is 5.69 Å². The molecule has 0 aliphatic carbocycles. The van der Waals surface area contributed by atoms with E-state index in [0.717, 1.165) is 30.1 Å². The summed E-state index contributed by atoms with van der Waals surface area (Å²) in [7, 11) is 0. The molecule has 4 nitrogen and oxygen atoms in total. The highest BCUT2D eigenvalue weighted by Crippen LogP contribution is 2.29. The molecular formula is C18H25NO3. The van der Waals surface area contributed by atoms with E-state index in [1.807, 2.05) is 18.2 Å². The topological polar surface area (TPSA) is 38.8 Å². The second-order valence-electron chi connectivity index (χ2n) is 4.76. The fraction of sp³-hybridized carbons (Fsp3) is 0.500. The van der Waals surface area contributed by atoms with Crippen LogP contribution in [0, 0.1) is 12.3 Å². The summed E-state index contributed by atoms with van der Waals surface area (Å²) in [6, 6.07) is 5.73. The maximum absolute atomic E-state index is 11.3. The molecule has 0 atom stereocenters. The van der Waals surface area contributed by atoms with Crippen molar-refractivity contribution in [3.63, 3.8) is 0 Å². The van der Waals surface area contributed by atoms with E-state index >= 15 is 0 Å². The summed E-state index contributed by atoms with van der Waals surface area (Å²) in [5, 5.41) is 0. The summed E-state index contributed by atoms with van der Waals surface area (Å²) < 4.78 is 10.7. The van der Waals surface area contributed by atoms with Crippen molar-refractivity contribution in [1.82, 2.24) is 0 Å². The predicted molar refractivity (Wildman–Crippen MR) is 89.3 cm³/mol. The Kier molecular flexibility index (Phi) is 7.91. The van der Waals surface area contributed by atoms with E-state index in [0.29, 0.717) is 26.1 Å². The van der Waals surface area contributed by atoms with E-state index < -0.39 is 0 Å². The Bertz CT molecular complexity index is 516. The zero-order valence-corrected chi connectivity index (χ0v) is 13.7. The number of carbonyl (C=O) groups excluding carboxylic acids is 1. The summed E-state index contributed by atoms with van der Waals surface area (Å²) in [5.74, 6) is 3.27. The Morgan fingerprint density at radius 1 is 1.27 bits per heavy atom. The van der Waals surface area contributed by atoms with Crippen LogP contribution >= 0.6 is 0 Å². The van der Waals surface area contributed by atoms with Gasteiger partial charge in [-0.25, -0.2) is 0 Å². The first-order valence-electron chi connectivity index (χ1n) is 7.80. The second kappa shape index (κ2) is 9.73. The lowest BCUT2D eigenvalue weighted by molar-refractivity contribution is -0.143. The molecule has 0 unspecified atom stereocenters. The van der Waals surface area contributed by atoms with E-state index in [1.54, 1.807) is 6.92 Å². The number of carbonyl (C=O) groups is 1. The SMILES string of the molecule is C#Cc1ccc(OCCCC(=O)OCC)c(N(CC)CC)c1. The molecule has 4 heteroatoms. The fourth-order valence-electron chi connectivity index (χ4n) is 2.17. The van der Waals surface area contributed by atoms with Gasteiger partial charge in [0.05, 0.1) is 18.9 Å². The zero-order valence-electron chi connectivity index (χ0n) is 13.7. The second-order valence-corrected chi connectivity index (χ2v) is 4.76. The van der Waals surface area contributed by atoms with E-state index in [2.05, 4.69) is 24.7 Å². The van der Waals surface area contributed by atoms with Gasteiger partial charge in [-0.15, -0.1) is 6.42 Å². The van der Waals surface area contributed by atoms with Gasteiger partial charge in [-0.3, -0.25) is 4.79 Å². The molecule has 0 heterocycles. The molecule has 0 saturated carbocycles. The highest BCUT2D eigenvalue weighted by Gasteiger charge is 2.11. The van der Waals surface area contributed by atoms with Crippen LogP contribution < -0.4 is 9.64 Å². The van der Waals surface area contributed by atoms with Gasteiger partial charge in [0.15, 0.2) is 0 Å². The molecule has 22 heavy (non-hydrogen) atoms. The number of hydrogen-bond acceptors (Lipinski definition) is 4. The predicted octanol–water partition coefficient (Wildman–Crippen LogP) is 3.24. The highest BCUT2D eigenvalue weighted by molar-refractivity contribution is 5.69. The van der Waals surface area contributed by atoms with Crippen molar-refractivity contribution in [1.29, 1.82) is 0 Å². The average molecular weight is 303 g/mol. The van der Waals surface area contributed by atoms with Crippen molar-refractivity contribution in [2.75, 3.05) is 31.2 Å². The van der Waals surface area contributed by atoms with E-state index in [4.69, 9.17) is 15.9 Å². The molecule has 0 aromatic heterocycles. The zero-order chi connectivity index (χ0) is 16.4. The molecule has 0 radical (unpaired) electrons. The molecule has 0 aliphatic rings. The molecule has 0 N–H and O–H groups in total. The van der Waals surface area contributed by atoms with Crippen LogP contribution in [-0.2, 0) is 9.53 Å². The lowest BCUT2D eigenvalue weighted by Gasteiger charge is -2.24. The first-order chi connectivity index (χ1) is 10.7. The summed E-state index contributed by atoms with van der Waals surface area (Å²) in [4.78, 5) is 13.5. The lowest BCUT2D eigenvalue weighted by atomic mass is 10.1. The Morgan fingerprint density at radius 2 is 2.00 bits per heavy atom. The molecule has 0 saturated heterocycles. The number of hydrogen-bond donors (Lipinski definition) is 0. The van der Waals surface area contributed by atoms with Crippen molar-refractivity contribution >= 4 is 11.7 Å². The third-order valence-electron chi connectivity index (χ3n) is 3.32. The Hall–Kier alpha value is -2.15. The van der Waals surface area contributed by atoms with E-state index in [1.165, 1.54) is 0 Å². The van der Waals surface area contributed by atoms with Crippen LogP contribution in [0.1, 0.15) is 39.2 Å². The minimum Gasteiger partial charge on any atom is -0.491 e. The number of esters is 1. The molecule has 0 aliphatic heterocycles. The minimum absolute atomic E-state index is 0.183. The largest absolute Gasteiger partial charge is 0.491 e. The number of anilines is 1. The molecule has 0 bridgehead atoms. The maximum atomic E-state index is 11.3. The lowest BCUT2D eigenvalue weighted by Crippen LogP contribution is -2.22. The molecule has 0 spiro atoms. The highest BCUT2D eigenvalue weighted by atomic mass is 16.5. The number of terminal acetylenes is 1. The van der Waals surface area contributed by atoms with Crippen LogP contribution in [0.25, 0.3) is 0 Å². The molecule has 0 fully saturated rings. The monoisotopic (exact) mass is 303 g/mol. The summed E-state index contributed by atoms with van der Waals surface area (Å²) in [6.07, 6.45) is 6.48. The van der Waals surface area contributed by atoms with Gasteiger partial charge in [-0.05, 0) is 45.4 Å². The van der Waals surface area contributed by atoms with Crippen molar-refractivity contribution < 1.29 is 14.3 Å². The van der Waals surface area contributed by atoms with Crippen LogP contribution in [0.3, 0.4) is 0 Å². The van der Waals surface area contributed by atoms with Crippen LogP contribution in [0.5, 0.6) is 5.75 Å². The Labute approximate surface area is 133 Å². The van der Waals surface area contributed by atoms with Gasteiger partial charge in [0.1, 0.15) is 5.75 Å². The number of ether oxygens (including phenoxy) is 2. The average Bonchev–Trinajstić information content (AvgIpc) is 2.53.